The van der Waals surface area contributed by atoms with Gasteiger partial charge in [0.05, 0.1) is 17.9 Å². The minimum Gasteiger partial charge on any atom is -0.508 e. The Morgan fingerprint density at radius 2 is 1.72 bits per heavy atom. The summed E-state index contributed by atoms with van der Waals surface area (Å²) < 4.78 is 4.93. The number of benzene rings is 2. The highest BCUT2D eigenvalue weighted by Crippen LogP contribution is 2.19. The lowest BCUT2D eigenvalue weighted by Gasteiger charge is -2.17. The Labute approximate surface area is 144 Å². The molecule has 2 rings (SSSR count). The van der Waals surface area contributed by atoms with Crippen LogP contribution in [0.25, 0.3) is 0 Å². The second-order valence-corrected chi connectivity index (χ2v) is 5.10. The third kappa shape index (κ3) is 4.35. The van der Waals surface area contributed by atoms with Crippen molar-refractivity contribution in [3.05, 3.63) is 54.1 Å². The van der Waals surface area contributed by atoms with Crippen LogP contribution in [-0.4, -0.2) is 36.5 Å². The average Bonchev–Trinajstić information content (AvgIpc) is 2.61. The number of likely N-dealkylation sites (N-methyl/N-ethyl adjacent to an activating group) is 1. The summed E-state index contributed by atoms with van der Waals surface area (Å²) in [5.74, 6) is -2.24. The van der Waals surface area contributed by atoms with Crippen LogP contribution in [0.5, 0.6) is 5.75 Å². The van der Waals surface area contributed by atoms with E-state index in [0.29, 0.717) is 5.69 Å². The predicted molar refractivity (Wildman–Crippen MR) is 92.5 cm³/mol. The lowest BCUT2D eigenvalue weighted by molar-refractivity contribution is -0.134. The van der Waals surface area contributed by atoms with Crippen LogP contribution in [-0.2, 0) is 14.3 Å². The molecule has 0 aromatic heterocycles. The van der Waals surface area contributed by atoms with Crippen molar-refractivity contribution in [1.29, 1.82) is 0 Å². The number of amides is 2. The lowest BCUT2D eigenvalue weighted by atomic mass is 10.1. The molecule has 0 atom stereocenters. The predicted octanol–water partition coefficient (Wildman–Crippen LogP) is 2.17. The summed E-state index contributed by atoms with van der Waals surface area (Å²) in [5.41, 5.74) is 0.799. The highest BCUT2D eigenvalue weighted by molar-refractivity contribution is 6.44. The van der Waals surface area contributed by atoms with E-state index in [9.17, 15) is 19.5 Å². The third-order valence-electron chi connectivity index (χ3n) is 3.41. The maximum atomic E-state index is 12.3. The molecule has 130 valence electrons. The number of anilines is 2. The van der Waals surface area contributed by atoms with E-state index >= 15 is 0 Å². The SMILES string of the molecule is CCOC(=O)c1ccccc1NC(=O)C(=O)N(C)c1ccc(O)cc1. The lowest BCUT2D eigenvalue weighted by Crippen LogP contribution is -2.37. The summed E-state index contributed by atoms with van der Waals surface area (Å²) in [6, 6.07) is 12.1. The number of carbonyl (C=O) groups is 3. The van der Waals surface area contributed by atoms with E-state index in [1.807, 2.05) is 0 Å². The number of nitrogens with zero attached hydrogens (tertiary/aromatic N) is 1. The van der Waals surface area contributed by atoms with E-state index in [0.717, 1.165) is 4.90 Å². The average molecular weight is 342 g/mol. The van der Waals surface area contributed by atoms with Crippen LogP contribution in [0.15, 0.2) is 48.5 Å². The molecule has 0 aliphatic heterocycles. The largest absolute Gasteiger partial charge is 0.508 e. The highest BCUT2D eigenvalue weighted by Gasteiger charge is 2.22. The molecule has 7 nitrogen and oxygen atoms in total. The first-order valence-corrected chi connectivity index (χ1v) is 7.58. The number of ether oxygens (including phenoxy) is 1. The van der Waals surface area contributed by atoms with Crippen molar-refractivity contribution in [3.63, 3.8) is 0 Å². The van der Waals surface area contributed by atoms with Crippen molar-refractivity contribution in [2.45, 2.75) is 6.92 Å². The number of para-hydroxylation sites is 1. The van der Waals surface area contributed by atoms with Gasteiger partial charge in [0.25, 0.3) is 0 Å². The van der Waals surface area contributed by atoms with E-state index in [-0.39, 0.29) is 23.6 Å². The first-order valence-electron chi connectivity index (χ1n) is 7.58. The Bertz CT molecular complexity index is 786. The molecule has 0 aliphatic carbocycles. The number of phenols is 1. The molecule has 0 radical (unpaired) electrons. The Hall–Kier alpha value is -3.35. The molecule has 0 bridgehead atoms. The second kappa shape index (κ2) is 7.96. The molecule has 2 aromatic carbocycles. The molecule has 0 unspecified atom stereocenters. The molecule has 7 heteroatoms. The van der Waals surface area contributed by atoms with Gasteiger partial charge in [-0.25, -0.2) is 4.79 Å². The molecule has 0 spiro atoms. The zero-order chi connectivity index (χ0) is 18.4. The van der Waals surface area contributed by atoms with Gasteiger partial charge in [-0.2, -0.15) is 0 Å². The Balaban J connectivity index is 2.15. The Morgan fingerprint density at radius 1 is 1.08 bits per heavy atom. The van der Waals surface area contributed by atoms with Gasteiger partial charge in [-0.15, -0.1) is 0 Å². The van der Waals surface area contributed by atoms with Crippen molar-refractivity contribution < 1.29 is 24.2 Å². The standard InChI is InChI=1S/C18H18N2O5/c1-3-25-18(24)14-6-4-5-7-15(14)19-16(22)17(23)20(2)12-8-10-13(21)11-9-12/h4-11,21H,3H2,1-2H3,(H,19,22). The molecular weight excluding hydrogens is 324 g/mol. The fourth-order valence-electron chi connectivity index (χ4n) is 2.10. The van der Waals surface area contributed by atoms with E-state index in [1.54, 1.807) is 19.1 Å². The van der Waals surface area contributed by atoms with Crippen molar-refractivity contribution in [2.24, 2.45) is 0 Å². The van der Waals surface area contributed by atoms with Gasteiger partial charge in [0.2, 0.25) is 0 Å². The topological polar surface area (TPSA) is 95.9 Å². The zero-order valence-corrected chi connectivity index (χ0v) is 13.9. The minimum absolute atomic E-state index is 0.0532. The van der Waals surface area contributed by atoms with Gasteiger partial charge < -0.3 is 20.1 Å². The monoisotopic (exact) mass is 342 g/mol. The number of aromatic hydroxyl groups is 1. The van der Waals surface area contributed by atoms with Crippen LogP contribution in [0.2, 0.25) is 0 Å². The molecule has 0 saturated heterocycles. The minimum atomic E-state index is -0.896. The van der Waals surface area contributed by atoms with Crippen molar-refractivity contribution in [2.75, 3.05) is 23.9 Å². The van der Waals surface area contributed by atoms with Gasteiger partial charge in [-0.3, -0.25) is 9.59 Å². The highest BCUT2D eigenvalue weighted by atomic mass is 16.5. The first kappa shape index (κ1) is 18.0. The molecule has 2 amide bonds. The molecule has 2 aromatic rings. The normalized spacial score (nSPS) is 10.0. The number of rotatable bonds is 4. The Morgan fingerprint density at radius 3 is 2.36 bits per heavy atom. The fraction of sp³-hybridized carbons (Fsp3) is 0.167. The van der Waals surface area contributed by atoms with Gasteiger partial charge in [-0.1, -0.05) is 12.1 Å². The second-order valence-electron chi connectivity index (χ2n) is 5.10. The number of hydrogen-bond acceptors (Lipinski definition) is 5. The van der Waals surface area contributed by atoms with Crippen LogP contribution < -0.4 is 10.2 Å². The van der Waals surface area contributed by atoms with Crippen molar-refractivity contribution >= 4 is 29.2 Å². The van der Waals surface area contributed by atoms with Crippen LogP contribution in [0.3, 0.4) is 0 Å². The molecule has 0 fully saturated rings. The molecule has 0 aliphatic rings. The van der Waals surface area contributed by atoms with E-state index in [1.165, 1.54) is 43.4 Å². The maximum absolute atomic E-state index is 12.3. The van der Waals surface area contributed by atoms with E-state index in [4.69, 9.17) is 4.74 Å². The van der Waals surface area contributed by atoms with Gasteiger partial charge in [0.1, 0.15) is 5.75 Å². The summed E-state index contributed by atoms with van der Waals surface area (Å²) >= 11 is 0. The number of nitrogens with one attached hydrogen (secondary N) is 1. The van der Waals surface area contributed by atoms with E-state index in [2.05, 4.69) is 5.32 Å². The smallest absolute Gasteiger partial charge is 0.340 e. The molecule has 0 heterocycles. The molecule has 0 saturated carbocycles. The van der Waals surface area contributed by atoms with Crippen LogP contribution in [0.1, 0.15) is 17.3 Å². The van der Waals surface area contributed by atoms with Crippen molar-refractivity contribution in [3.8, 4) is 5.75 Å². The summed E-state index contributed by atoms with van der Waals surface area (Å²) in [5, 5.41) is 11.7. The van der Waals surface area contributed by atoms with E-state index < -0.39 is 17.8 Å². The number of carbonyl (C=O) groups excluding carboxylic acids is 3. The molecular formula is C18H18N2O5. The summed E-state index contributed by atoms with van der Waals surface area (Å²) in [4.78, 5) is 37.6. The van der Waals surface area contributed by atoms with Gasteiger partial charge >= 0.3 is 17.8 Å². The maximum Gasteiger partial charge on any atom is 0.340 e. The number of esters is 1. The van der Waals surface area contributed by atoms with Gasteiger partial charge in [0, 0.05) is 12.7 Å². The first-order chi connectivity index (χ1) is 11.9. The Kier molecular flexibility index (Phi) is 5.73. The van der Waals surface area contributed by atoms with Crippen LogP contribution in [0, 0.1) is 0 Å². The van der Waals surface area contributed by atoms with Crippen molar-refractivity contribution in [1.82, 2.24) is 0 Å². The zero-order valence-electron chi connectivity index (χ0n) is 13.9. The summed E-state index contributed by atoms with van der Waals surface area (Å²) in [7, 11) is 1.44. The van der Waals surface area contributed by atoms with Crippen LogP contribution in [0.4, 0.5) is 11.4 Å². The van der Waals surface area contributed by atoms with Crippen LogP contribution >= 0.6 is 0 Å². The summed E-state index contributed by atoms with van der Waals surface area (Å²) in [6.07, 6.45) is 0. The molecule has 25 heavy (non-hydrogen) atoms. The third-order valence-corrected chi connectivity index (χ3v) is 3.41. The number of hydrogen-bond donors (Lipinski definition) is 2. The number of phenolic OH excluding ortho intramolecular Hbond substituents is 1. The quantitative estimate of drug-likeness (QED) is 0.656. The summed E-state index contributed by atoms with van der Waals surface area (Å²) in [6.45, 7) is 1.87. The fourth-order valence-corrected chi connectivity index (χ4v) is 2.10. The molecule has 2 N–H and O–H groups in total. The van der Waals surface area contributed by atoms with Gasteiger partial charge in [-0.05, 0) is 43.3 Å². The van der Waals surface area contributed by atoms with Gasteiger partial charge in [0.15, 0.2) is 0 Å².